The summed E-state index contributed by atoms with van der Waals surface area (Å²) in [5.74, 6) is -2.02. The van der Waals surface area contributed by atoms with E-state index in [1.807, 2.05) is 0 Å². The van der Waals surface area contributed by atoms with Crippen LogP contribution in [0.1, 0.15) is 102 Å². The maximum Gasteiger partial charge on any atom is 0.322 e. The lowest BCUT2D eigenvalue weighted by molar-refractivity contribution is -0.144. The number of hydrazine groups is 1. The molecule has 3 rings (SSSR count). The highest BCUT2D eigenvalue weighted by molar-refractivity contribution is 6.05. The molecule has 4 N–H and O–H groups in total. The summed E-state index contributed by atoms with van der Waals surface area (Å²) in [5.41, 5.74) is 3.27. The van der Waals surface area contributed by atoms with Crippen molar-refractivity contribution in [3.05, 3.63) is 29.8 Å². The van der Waals surface area contributed by atoms with Gasteiger partial charge in [0.2, 0.25) is 17.7 Å². The van der Waals surface area contributed by atoms with Crippen LogP contribution in [-0.2, 0) is 19.2 Å². The van der Waals surface area contributed by atoms with Gasteiger partial charge in [0.25, 0.3) is 5.91 Å². The molecule has 2 heterocycles. The van der Waals surface area contributed by atoms with Crippen molar-refractivity contribution in [2.24, 2.45) is 17.8 Å². The summed E-state index contributed by atoms with van der Waals surface area (Å²) >= 11 is 0. The first kappa shape index (κ1) is 35.2. The molecule has 0 radical (unpaired) electrons. The SMILES string of the molecule is CC(C)CCCCCC(=O)Nc1ccc(C(=O)N(N[C@H](C)C(=O)O)C(=O)[C@@H]2CCCN(C(=O)CCC3CCNCC3)C2)cc1. The Labute approximate surface area is 261 Å². The molecule has 0 spiro atoms. The number of benzene rings is 1. The minimum atomic E-state index is -1.21. The van der Waals surface area contributed by atoms with Gasteiger partial charge in [-0.3, -0.25) is 24.0 Å². The Kier molecular flexibility index (Phi) is 14.3. The van der Waals surface area contributed by atoms with Crippen LogP contribution in [0, 0.1) is 17.8 Å². The number of unbranched alkanes of at least 4 members (excludes halogenated alkanes) is 2. The van der Waals surface area contributed by atoms with Gasteiger partial charge in [0, 0.05) is 37.2 Å². The summed E-state index contributed by atoms with van der Waals surface area (Å²) in [5, 5.41) is 16.4. The first-order valence-corrected chi connectivity index (χ1v) is 16.3. The fourth-order valence-corrected chi connectivity index (χ4v) is 5.78. The summed E-state index contributed by atoms with van der Waals surface area (Å²) in [6, 6.07) is 5.00. The number of carboxylic acids is 1. The zero-order valence-electron chi connectivity index (χ0n) is 26.6. The molecule has 4 amide bonds. The monoisotopic (exact) mass is 613 g/mol. The number of piperidine rings is 2. The molecule has 44 heavy (non-hydrogen) atoms. The molecule has 11 heteroatoms. The van der Waals surface area contributed by atoms with Crippen LogP contribution < -0.4 is 16.1 Å². The summed E-state index contributed by atoms with van der Waals surface area (Å²) < 4.78 is 0. The zero-order chi connectivity index (χ0) is 32.1. The molecule has 1 aromatic carbocycles. The van der Waals surface area contributed by atoms with Crippen LogP contribution in [0.3, 0.4) is 0 Å². The van der Waals surface area contributed by atoms with Crippen molar-refractivity contribution in [2.75, 3.05) is 31.5 Å². The lowest BCUT2D eigenvalue weighted by Crippen LogP contribution is -2.56. The number of amides is 4. The number of nitrogens with one attached hydrogen (secondary N) is 3. The molecule has 2 saturated heterocycles. The smallest absolute Gasteiger partial charge is 0.322 e. The zero-order valence-corrected chi connectivity index (χ0v) is 26.6. The molecule has 0 saturated carbocycles. The highest BCUT2D eigenvalue weighted by Gasteiger charge is 2.35. The van der Waals surface area contributed by atoms with Crippen molar-refractivity contribution < 1.29 is 29.1 Å². The van der Waals surface area contributed by atoms with Crippen molar-refractivity contribution in [3.63, 3.8) is 0 Å². The largest absolute Gasteiger partial charge is 0.480 e. The van der Waals surface area contributed by atoms with Crippen molar-refractivity contribution in [1.82, 2.24) is 20.7 Å². The van der Waals surface area contributed by atoms with Gasteiger partial charge in [0.05, 0.1) is 5.92 Å². The Morgan fingerprint density at radius 3 is 2.34 bits per heavy atom. The highest BCUT2D eigenvalue weighted by Crippen LogP contribution is 2.23. The van der Waals surface area contributed by atoms with E-state index >= 15 is 0 Å². The molecule has 11 nitrogen and oxygen atoms in total. The molecule has 2 fully saturated rings. The lowest BCUT2D eigenvalue weighted by atomic mass is 9.92. The molecule has 1 aromatic rings. The normalized spacial score (nSPS) is 18.1. The van der Waals surface area contributed by atoms with Gasteiger partial charge < -0.3 is 20.6 Å². The molecule has 0 aliphatic carbocycles. The van der Waals surface area contributed by atoms with Crippen LogP contribution in [0.4, 0.5) is 5.69 Å². The standard InChI is InChI=1S/C33H51N5O6/c1-23(2)8-5-4-6-10-29(39)35-28-14-12-26(13-15-28)31(41)38(36-24(3)33(43)44)32(42)27-9-7-21-37(22-27)30(40)16-11-25-17-19-34-20-18-25/h12-15,23-25,27,34,36H,4-11,16-22H2,1-3H3,(H,35,39)(H,43,44)/t24-,27-/m1/s1. The second kappa shape index (κ2) is 17.9. The van der Waals surface area contributed by atoms with E-state index in [1.54, 1.807) is 17.0 Å². The molecular formula is C33H51N5O6. The maximum absolute atomic E-state index is 13.7. The number of aliphatic carboxylic acids is 1. The van der Waals surface area contributed by atoms with Crippen LogP contribution in [0.15, 0.2) is 24.3 Å². The number of nitrogens with zero attached hydrogens (tertiary/aromatic N) is 2. The molecular weight excluding hydrogens is 562 g/mol. The number of carbonyl (C=O) groups excluding carboxylic acids is 4. The van der Waals surface area contributed by atoms with Crippen molar-refractivity contribution in [2.45, 2.75) is 97.4 Å². The fraction of sp³-hybridized carbons (Fsp3) is 0.667. The minimum Gasteiger partial charge on any atom is -0.480 e. The molecule has 244 valence electrons. The van der Waals surface area contributed by atoms with Crippen LogP contribution in [0.5, 0.6) is 0 Å². The molecule has 0 aromatic heterocycles. The van der Waals surface area contributed by atoms with E-state index in [-0.39, 0.29) is 23.9 Å². The minimum absolute atomic E-state index is 0.0129. The quantitative estimate of drug-likeness (QED) is 0.131. The number of carboxylic acid groups (broad SMARTS) is 1. The van der Waals surface area contributed by atoms with Gasteiger partial charge in [0.15, 0.2) is 0 Å². The van der Waals surface area contributed by atoms with Gasteiger partial charge in [-0.05, 0) is 94.6 Å². The van der Waals surface area contributed by atoms with Gasteiger partial charge in [-0.1, -0.05) is 33.1 Å². The summed E-state index contributed by atoms with van der Waals surface area (Å²) in [7, 11) is 0. The molecule has 0 bridgehead atoms. The Balaban J connectivity index is 1.60. The van der Waals surface area contributed by atoms with E-state index < -0.39 is 29.7 Å². The predicted molar refractivity (Wildman–Crippen MR) is 169 cm³/mol. The van der Waals surface area contributed by atoms with Crippen molar-refractivity contribution in [3.8, 4) is 0 Å². The van der Waals surface area contributed by atoms with Crippen LogP contribution in [0.25, 0.3) is 0 Å². The third kappa shape index (κ3) is 11.3. The molecule has 2 atom stereocenters. The average Bonchev–Trinajstić information content (AvgIpc) is 3.02. The first-order valence-electron chi connectivity index (χ1n) is 16.3. The van der Waals surface area contributed by atoms with E-state index in [9.17, 15) is 29.1 Å². The number of hydrogen-bond acceptors (Lipinski definition) is 7. The average molecular weight is 614 g/mol. The third-order valence-corrected chi connectivity index (χ3v) is 8.57. The predicted octanol–water partition coefficient (Wildman–Crippen LogP) is 4.20. The third-order valence-electron chi connectivity index (χ3n) is 8.57. The Bertz CT molecular complexity index is 1120. The van der Waals surface area contributed by atoms with E-state index in [0.717, 1.165) is 63.0 Å². The Morgan fingerprint density at radius 2 is 1.68 bits per heavy atom. The van der Waals surface area contributed by atoms with E-state index in [2.05, 4.69) is 29.9 Å². The molecule has 0 unspecified atom stereocenters. The molecule has 2 aliphatic rings. The van der Waals surface area contributed by atoms with Gasteiger partial charge in [0.1, 0.15) is 6.04 Å². The van der Waals surface area contributed by atoms with E-state index in [1.165, 1.54) is 19.1 Å². The maximum atomic E-state index is 13.7. The molecule has 2 aliphatic heterocycles. The van der Waals surface area contributed by atoms with Crippen LogP contribution >= 0.6 is 0 Å². The number of hydrogen-bond donors (Lipinski definition) is 4. The van der Waals surface area contributed by atoms with E-state index in [0.29, 0.717) is 49.8 Å². The number of rotatable bonds is 15. The van der Waals surface area contributed by atoms with Gasteiger partial charge in [-0.25, -0.2) is 10.4 Å². The second-order valence-electron chi connectivity index (χ2n) is 12.7. The highest BCUT2D eigenvalue weighted by atomic mass is 16.4. The number of imide groups is 1. The lowest BCUT2D eigenvalue weighted by Gasteiger charge is -2.35. The Hall–Kier alpha value is -3.31. The number of likely N-dealkylation sites (tertiary alicyclic amines) is 1. The fourth-order valence-electron chi connectivity index (χ4n) is 5.78. The summed E-state index contributed by atoms with van der Waals surface area (Å²) in [4.78, 5) is 65.9. The Morgan fingerprint density at radius 1 is 0.977 bits per heavy atom. The second-order valence-corrected chi connectivity index (χ2v) is 12.7. The van der Waals surface area contributed by atoms with Gasteiger partial charge >= 0.3 is 5.97 Å². The van der Waals surface area contributed by atoms with Gasteiger partial charge in [-0.15, -0.1) is 0 Å². The van der Waals surface area contributed by atoms with Crippen LogP contribution in [0.2, 0.25) is 0 Å². The van der Waals surface area contributed by atoms with E-state index in [4.69, 9.17) is 0 Å². The number of carbonyl (C=O) groups is 5. The summed E-state index contributed by atoms with van der Waals surface area (Å²) in [6.07, 6.45) is 8.96. The topological polar surface area (TPSA) is 148 Å². The number of anilines is 1. The van der Waals surface area contributed by atoms with Crippen molar-refractivity contribution in [1.29, 1.82) is 0 Å². The van der Waals surface area contributed by atoms with Crippen molar-refractivity contribution >= 4 is 35.3 Å². The summed E-state index contributed by atoms with van der Waals surface area (Å²) in [6.45, 7) is 8.43. The van der Waals surface area contributed by atoms with Gasteiger partial charge in [-0.2, -0.15) is 0 Å². The first-order chi connectivity index (χ1) is 21.0. The van der Waals surface area contributed by atoms with Crippen LogP contribution in [-0.4, -0.2) is 76.8 Å².